The summed E-state index contributed by atoms with van der Waals surface area (Å²) in [4.78, 5) is 13.1. The monoisotopic (exact) mass is 335 g/mol. The van der Waals surface area contributed by atoms with E-state index < -0.39 is 0 Å². The van der Waals surface area contributed by atoms with Crippen molar-refractivity contribution in [2.75, 3.05) is 25.5 Å². The minimum Gasteiger partial charge on any atom is -0.490 e. The first-order valence-electron chi connectivity index (χ1n) is 8.60. The Morgan fingerprint density at radius 1 is 1.09 bits per heavy atom. The molecule has 2 aliphatic rings. The molecule has 1 saturated carbocycles. The Bertz CT molecular complexity index is 529. The number of hydrogen-bond acceptors (Lipinski definition) is 4. The average Bonchev–Trinajstić information content (AvgIpc) is 2.84. The summed E-state index contributed by atoms with van der Waals surface area (Å²) in [5.74, 6) is 2.83. The van der Waals surface area contributed by atoms with E-state index in [9.17, 15) is 4.79 Å². The highest BCUT2D eigenvalue weighted by atomic mass is 32.2. The summed E-state index contributed by atoms with van der Waals surface area (Å²) in [7, 11) is 0. The van der Waals surface area contributed by atoms with Gasteiger partial charge in [-0.2, -0.15) is 0 Å². The van der Waals surface area contributed by atoms with Crippen molar-refractivity contribution in [1.29, 1.82) is 0 Å². The lowest BCUT2D eigenvalue weighted by Crippen LogP contribution is -2.31. The number of carbonyl (C=O) groups is 1. The zero-order chi connectivity index (χ0) is 15.9. The van der Waals surface area contributed by atoms with Crippen molar-refractivity contribution in [1.82, 2.24) is 5.32 Å². The van der Waals surface area contributed by atoms with Gasteiger partial charge in [-0.3, -0.25) is 4.79 Å². The number of hydrogen-bond donors (Lipinski definition) is 1. The van der Waals surface area contributed by atoms with E-state index >= 15 is 0 Å². The Hall–Kier alpha value is -1.36. The Balaban J connectivity index is 1.44. The van der Waals surface area contributed by atoms with Crippen LogP contribution in [0.4, 0.5) is 0 Å². The number of fused-ring (bicyclic) bond motifs is 1. The molecule has 0 bridgehead atoms. The third-order valence-corrected chi connectivity index (χ3v) is 5.40. The number of amides is 1. The van der Waals surface area contributed by atoms with Gasteiger partial charge in [-0.15, -0.1) is 11.8 Å². The predicted octanol–water partition coefficient (Wildman–Crippen LogP) is 3.64. The first kappa shape index (κ1) is 16.5. The molecule has 0 atom stereocenters. The molecule has 1 fully saturated rings. The molecule has 0 radical (unpaired) electrons. The second kappa shape index (κ2) is 8.48. The highest BCUT2D eigenvalue weighted by Gasteiger charge is 2.15. The van der Waals surface area contributed by atoms with Crippen LogP contribution in [0.3, 0.4) is 0 Å². The molecule has 1 amide bonds. The molecule has 1 aliphatic heterocycles. The summed E-state index contributed by atoms with van der Waals surface area (Å²) in [5, 5.41) is 3.08. The Morgan fingerprint density at radius 3 is 2.70 bits per heavy atom. The van der Waals surface area contributed by atoms with Crippen LogP contribution in [0.1, 0.15) is 38.5 Å². The summed E-state index contributed by atoms with van der Waals surface area (Å²) in [6.07, 6.45) is 7.40. The molecule has 126 valence electrons. The fourth-order valence-electron chi connectivity index (χ4n) is 3.08. The minimum atomic E-state index is 0.118. The highest BCUT2D eigenvalue weighted by Crippen LogP contribution is 2.33. The maximum absolute atomic E-state index is 12.0. The van der Waals surface area contributed by atoms with Crippen LogP contribution in [0.15, 0.2) is 23.1 Å². The largest absolute Gasteiger partial charge is 0.490 e. The van der Waals surface area contributed by atoms with Crippen molar-refractivity contribution < 1.29 is 14.3 Å². The molecule has 0 aromatic heterocycles. The number of thioether (sulfide) groups is 1. The second-order valence-electron chi connectivity index (χ2n) is 6.26. The third-order valence-electron chi connectivity index (χ3n) is 4.40. The molecule has 0 spiro atoms. The van der Waals surface area contributed by atoms with E-state index in [1.165, 1.54) is 32.1 Å². The first-order valence-corrected chi connectivity index (χ1v) is 9.59. The summed E-state index contributed by atoms with van der Waals surface area (Å²) < 4.78 is 11.3. The number of carbonyl (C=O) groups excluding carboxylic acids is 1. The smallest absolute Gasteiger partial charge is 0.230 e. The van der Waals surface area contributed by atoms with Gasteiger partial charge in [0.2, 0.25) is 5.91 Å². The van der Waals surface area contributed by atoms with Gasteiger partial charge in [0.05, 0.1) is 19.0 Å². The van der Waals surface area contributed by atoms with E-state index in [1.54, 1.807) is 11.8 Å². The molecule has 1 aromatic rings. The molecular weight excluding hydrogens is 310 g/mol. The maximum Gasteiger partial charge on any atom is 0.230 e. The molecule has 1 heterocycles. The van der Waals surface area contributed by atoms with Crippen LogP contribution in [-0.2, 0) is 4.79 Å². The quantitative estimate of drug-likeness (QED) is 0.835. The molecular formula is C18H25NO3S. The van der Waals surface area contributed by atoms with E-state index in [0.717, 1.165) is 29.4 Å². The first-order chi connectivity index (χ1) is 11.3. The van der Waals surface area contributed by atoms with Crippen molar-refractivity contribution in [3.05, 3.63) is 18.2 Å². The number of benzene rings is 1. The molecule has 23 heavy (non-hydrogen) atoms. The Kier molecular flexibility index (Phi) is 6.08. The van der Waals surface area contributed by atoms with Crippen LogP contribution >= 0.6 is 11.8 Å². The molecule has 1 N–H and O–H groups in total. The zero-order valence-corrected chi connectivity index (χ0v) is 14.3. The van der Waals surface area contributed by atoms with Crippen LogP contribution in [0, 0.1) is 5.92 Å². The van der Waals surface area contributed by atoms with Gasteiger partial charge in [0.25, 0.3) is 0 Å². The van der Waals surface area contributed by atoms with Gasteiger partial charge < -0.3 is 14.8 Å². The van der Waals surface area contributed by atoms with Gasteiger partial charge in [-0.25, -0.2) is 0 Å². The normalized spacial score (nSPS) is 18.3. The number of nitrogens with one attached hydrogen (secondary N) is 1. The number of ether oxygens (including phenoxy) is 2. The van der Waals surface area contributed by atoms with E-state index in [4.69, 9.17) is 9.47 Å². The van der Waals surface area contributed by atoms with E-state index in [0.29, 0.717) is 24.9 Å². The van der Waals surface area contributed by atoms with Gasteiger partial charge >= 0.3 is 0 Å². The molecule has 5 heteroatoms. The SMILES string of the molecule is O=C(CSc1ccc2c(c1)OCCCO2)NCC1CCCCC1. The zero-order valence-electron chi connectivity index (χ0n) is 13.5. The minimum absolute atomic E-state index is 0.118. The van der Waals surface area contributed by atoms with Gasteiger partial charge in [-0.1, -0.05) is 19.3 Å². The van der Waals surface area contributed by atoms with E-state index in [2.05, 4.69) is 5.32 Å². The van der Waals surface area contributed by atoms with Crippen molar-refractivity contribution >= 4 is 17.7 Å². The summed E-state index contributed by atoms with van der Waals surface area (Å²) in [6, 6.07) is 5.90. The summed E-state index contributed by atoms with van der Waals surface area (Å²) in [5.41, 5.74) is 0. The van der Waals surface area contributed by atoms with Gasteiger partial charge in [0.1, 0.15) is 0 Å². The Morgan fingerprint density at radius 2 is 1.87 bits per heavy atom. The fraction of sp³-hybridized carbons (Fsp3) is 0.611. The molecule has 1 aromatic carbocycles. The van der Waals surface area contributed by atoms with Crippen LogP contribution < -0.4 is 14.8 Å². The lowest BCUT2D eigenvalue weighted by atomic mass is 9.89. The second-order valence-corrected chi connectivity index (χ2v) is 7.30. The lowest BCUT2D eigenvalue weighted by molar-refractivity contribution is -0.118. The summed E-state index contributed by atoms with van der Waals surface area (Å²) >= 11 is 1.55. The Labute approximate surface area is 142 Å². The van der Waals surface area contributed by atoms with Crippen molar-refractivity contribution in [3.63, 3.8) is 0 Å². The molecule has 4 nitrogen and oxygen atoms in total. The highest BCUT2D eigenvalue weighted by molar-refractivity contribution is 8.00. The van der Waals surface area contributed by atoms with Crippen LogP contribution in [0.2, 0.25) is 0 Å². The standard InChI is InChI=1S/C18H25NO3S/c20-18(19-12-14-5-2-1-3-6-14)13-23-15-7-8-16-17(11-15)22-10-4-9-21-16/h7-8,11,14H,1-6,9-10,12-13H2,(H,19,20). The predicted molar refractivity (Wildman–Crippen MR) is 92.4 cm³/mol. The van der Waals surface area contributed by atoms with Gasteiger partial charge in [0, 0.05) is 17.9 Å². The van der Waals surface area contributed by atoms with Gasteiger partial charge in [-0.05, 0) is 37.0 Å². The summed E-state index contributed by atoms with van der Waals surface area (Å²) in [6.45, 7) is 2.21. The average molecular weight is 335 g/mol. The molecule has 3 rings (SSSR count). The molecule has 0 saturated heterocycles. The lowest BCUT2D eigenvalue weighted by Gasteiger charge is -2.21. The van der Waals surface area contributed by atoms with Crippen LogP contribution in [-0.4, -0.2) is 31.4 Å². The van der Waals surface area contributed by atoms with Crippen molar-refractivity contribution in [3.8, 4) is 11.5 Å². The molecule has 0 unspecified atom stereocenters. The van der Waals surface area contributed by atoms with E-state index in [-0.39, 0.29) is 5.91 Å². The topological polar surface area (TPSA) is 47.6 Å². The van der Waals surface area contributed by atoms with E-state index in [1.807, 2.05) is 18.2 Å². The maximum atomic E-state index is 12.0. The molecule has 1 aliphatic carbocycles. The van der Waals surface area contributed by atoms with Crippen LogP contribution in [0.5, 0.6) is 11.5 Å². The fourth-order valence-corrected chi connectivity index (χ4v) is 3.84. The van der Waals surface area contributed by atoms with Crippen molar-refractivity contribution in [2.45, 2.75) is 43.4 Å². The number of rotatable bonds is 5. The van der Waals surface area contributed by atoms with Crippen molar-refractivity contribution in [2.24, 2.45) is 5.92 Å². The third kappa shape index (κ3) is 5.06. The van der Waals surface area contributed by atoms with Crippen LogP contribution in [0.25, 0.3) is 0 Å². The van der Waals surface area contributed by atoms with Gasteiger partial charge in [0.15, 0.2) is 11.5 Å².